The fourth-order valence-corrected chi connectivity index (χ4v) is 3.37. The lowest BCUT2D eigenvalue weighted by molar-refractivity contribution is -0.00300. The Morgan fingerprint density at radius 3 is 3.08 bits per heavy atom. The van der Waals surface area contributed by atoms with Gasteiger partial charge in [0.1, 0.15) is 22.2 Å². The molecule has 0 saturated carbocycles. The zero-order chi connectivity index (χ0) is 18.1. The van der Waals surface area contributed by atoms with Crippen molar-refractivity contribution in [3.8, 4) is 5.75 Å². The molecule has 134 valence electrons. The number of halogens is 1. The number of ether oxygens (including phenoxy) is 2. The van der Waals surface area contributed by atoms with Gasteiger partial charge < -0.3 is 19.4 Å². The molecule has 1 aliphatic rings. The van der Waals surface area contributed by atoms with Gasteiger partial charge in [0, 0.05) is 11.9 Å². The largest absolute Gasteiger partial charge is 0.497 e. The van der Waals surface area contributed by atoms with Crippen molar-refractivity contribution in [3.63, 3.8) is 0 Å². The number of nitrogens with one attached hydrogen (secondary N) is 1. The van der Waals surface area contributed by atoms with Crippen LogP contribution in [0.4, 0.5) is 0 Å². The number of hydrogen-bond donors (Lipinski definition) is 1. The number of hydrogen-bond acceptors (Lipinski definition) is 4. The molecule has 3 heterocycles. The Morgan fingerprint density at radius 2 is 2.23 bits per heavy atom. The van der Waals surface area contributed by atoms with Crippen LogP contribution in [-0.4, -0.2) is 47.6 Å². The number of pyridine rings is 1. The van der Waals surface area contributed by atoms with Crippen molar-refractivity contribution in [2.24, 2.45) is 0 Å². The third-order valence-corrected chi connectivity index (χ3v) is 4.75. The summed E-state index contributed by atoms with van der Waals surface area (Å²) in [5.74, 6) is 0.667. The molecule has 0 aliphatic carbocycles. The number of rotatable bonds is 3. The Kier molecular flexibility index (Phi) is 4.53. The van der Waals surface area contributed by atoms with E-state index in [1.807, 2.05) is 35.2 Å². The van der Waals surface area contributed by atoms with Crippen LogP contribution in [0.25, 0.3) is 11.0 Å². The highest BCUT2D eigenvalue weighted by atomic mass is 35.5. The normalized spacial score (nSPS) is 17.5. The van der Waals surface area contributed by atoms with Gasteiger partial charge in [0.2, 0.25) is 0 Å². The number of methoxy groups -OCH3 is 1. The minimum absolute atomic E-state index is 0.0877. The summed E-state index contributed by atoms with van der Waals surface area (Å²) in [4.78, 5) is 22.3. The van der Waals surface area contributed by atoms with Crippen LogP contribution in [0, 0.1) is 0 Å². The van der Waals surface area contributed by atoms with Crippen molar-refractivity contribution in [2.75, 3.05) is 26.9 Å². The molecular formula is C19H18ClN3O3. The van der Waals surface area contributed by atoms with E-state index in [-0.39, 0.29) is 11.9 Å². The molecule has 0 unspecified atom stereocenters. The lowest BCUT2D eigenvalue weighted by atomic mass is 10.0. The van der Waals surface area contributed by atoms with Crippen molar-refractivity contribution in [2.45, 2.75) is 6.04 Å². The van der Waals surface area contributed by atoms with E-state index < -0.39 is 0 Å². The van der Waals surface area contributed by atoms with Crippen LogP contribution in [0.3, 0.4) is 0 Å². The topological polar surface area (TPSA) is 67.5 Å². The number of carbonyl (C=O) groups is 1. The average Bonchev–Trinajstić information content (AvgIpc) is 3.10. The summed E-state index contributed by atoms with van der Waals surface area (Å²) in [7, 11) is 1.63. The highest BCUT2D eigenvalue weighted by molar-refractivity contribution is 6.29. The SMILES string of the molecule is COc1cccc([C@H]2COCCN2C(=O)c2cc3ccc(Cl)nc3[nH]2)c1. The smallest absolute Gasteiger partial charge is 0.271 e. The monoisotopic (exact) mass is 371 g/mol. The average molecular weight is 372 g/mol. The van der Waals surface area contributed by atoms with Crippen LogP contribution >= 0.6 is 11.6 Å². The molecule has 26 heavy (non-hydrogen) atoms. The first-order chi connectivity index (χ1) is 12.7. The Balaban J connectivity index is 1.67. The van der Waals surface area contributed by atoms with E-state index in [9.17, 15) is 4.79 Å². The number of amides is 1. The van der Waals surface area contributed by atoms with Crippen LogP contribution in [0.5, 0.6) is 5.75 Å². The van der Waals surface area contributed by atoms with Gasteiger partial charge in [-0.05, 0) is 35.9 Å². The number of H-pyrrole nitrogens is 1. The van der Waals surface area contributed by atoms with Gasteiger partial charge in [-0.3, -0.25) is 4.79 Å². The molecule has 4 rings (SSSR count). The van der Waals surface area contributed by atoms with Gasteiger partial charge in [-0.2, -0.15) is 0 Å². The van der Waals surface area contributed by atoms with Crippen LogP contribution in [-0.2, 0) is 4.74 Å². The van der Waals surface area contributed by atoms with Crippen molar-refractivity contribution in [3.05, 3.63) is 58.9 Å². The molecule has 0 spiro atoms. The number of aromatic amines is 1. The second kappa shape index (κ2) is 6.97. The summed E-state index contributed by atoms with van der Waals surface area (Å²) in [5, 5.41) is 1.24. The van der Waals surface area contributed by atoms with E-state index in [0.29, 0.717) is 36.3 Å². The summed E-state index contributed by atoms with van der Waals surface area (Å²) in [6.45, 7) is 1.48. The first-order valence-electron chi connectivity index (χ1n) is 8.33. The van der Waals surface area contributed by atoms with Gasteiger partial charge in [-0.25, -0.2) is 4.98 Å². The molecule has 7 heteroatoms. The first kappa shape index (κ1) is 16.9. The maximum Gasteiger partial charge on any atom is 0.271 e. The Hall–Kier alpha value is -2.57. The molecule has 0 bridgehead atoms. The number of fused-ring (bicyclic) bond motifs is 1. The van der Waals surface area contributed by atoms with Crippen molar-refractivity contribution in [1.29, 1.82) is 0 Å². The Labute approximate surface area is 155 Å². The van der Waals surface area contributed by atoms with Gasteiger partial charge in [0.05, 0.1) is 26.4 Å². The second-order valence-electron chi connectivity index (χ2n) is 6.12. The molecule has 1 fully saturated rings. The zero-order valence-electron chi connectivity index (χ0n) is 14.2. The van der Waals surface area contributed by atoms with Gasteiger partial charge >= 0.3 is 0 Å². The number of morpholine rings is 1. The van der Waals surface area contributed by atoms with Crippen molar-refractivity contribution in [1.82, 2.24) is 14.9 Å². The van der Waals surface area contributed by atoms with E-state index in [0.717, 1.165) is 16.7 Å². The highest BCUT2D eigenvalue weighted by Gasteiger charge is 2.30. The molecule has 6 nitrogen and oxygen atoms in total. The number of aromatic nitrogens is 2. The summed E-state index contributed by atoms with van der Waals surface area (Å²) in [5.41, 5.74) is 2.08. The van der Waals surface area contributed by atoms with E-state index in [1.165, 1.54) is 0 Å². The van der Waals surface area contributed by atoms with E-state index in [4.69, 9.17) is 21.1 Å². The molecule has 1 N–H and O–H groups in total. The second-order valence-corrected chi connectivity index (χ2v) is 6.51. The van der Waals surface area contributed by atoms with Crippen LogP contribution in [0.1, 0.15) is 22.1 Å². The first-order valence-corrected chi connectivity index (χ1v) is 8.71. The minimum Gasteiger partial charge on any atom is -0.497 e. The van der Waals surface area contributed by atoms with Crippen LogP contribution in [0.2, 0.25) is 5.15 Å². The lowest BCUT2D eigenvalue weighted by Crippen LogP contribution is -2.43. The molecule has 1 aliphatic heterocycles. The lowest BCUT2D eigenvalue weighted by Gasteiger charge is -2.35. The molecule has 1 amide bonds. The maximum atomic E-state index is 13.1. The molecule has 1 aromatic carbocycles. The van der Waals surface area contributed by atoms with Crippen molar-refractivity contribution >= 4 is 28.5 Å². The standard InChI is InChI=1S/C19H18ClN3O3/c1-25-14-4-2-3-12(9-14)16-11-26-8-7-23(16)19(24)15-10-13-5-6-17(20)22-18(13)21-15/h2-6,9-10,16H,7-8,11H2,1H3,(H,21,22)/t16-/m1/s1. The Bertz CT molecular complexity index is 956. The van der Waals surface area contributed by atoms with Gasteiger partial charge in [0.15, 0.2) is 0 Å². The summed E-state index contributed by atoms with van der Waals surface area (Å²) >= 11 is 5.93. The fourth-order valence-electron chi connectivity index (χ4n) is 3.22. The van der Waals surface area contributed by atoms with Crippen LogP contribution < -0.4 is 4.74 Å². The number of benzene rings is 1. The highest BCUT2D eigenvalue weighted by Crippen LogP contribution is 2.29. The predicted octanol–water partition coefficient (Wildman–Crippen LogP) is 3.44. The third kappa shape index (κ3) is 3.13. The molecule has 3 aromatic rings. The van der Waals surface area contributed by atoms with Gasteiger partial charge in [-0.1, -0.05) is 23.7 Å². The quantitative estimate of drug-likeness (QED) is 0.716. The molecular weight excluding hydrogens is 354 g/mol. The van der Waals surface area contributed by atoms with Crippen LogP contribution in [0.15, 0.2) is 42.5 Å². The number of nitrogens with zero attached hydrogens (tertiary/aromatic N) is 2. The third-order valence-electron chi connectivity index (χ3n) is 4.54. The zero-order valence-corrected chi connectivity index (χ0v) is 15.0. The summed E-state index contributed by atoms with van der Waals surface area (Å²) < 4.78 is 10.9. The molecule has 2 aromatic heterocycles. The summed E-state index contributed by atoms with van der Waals surface area (Å²) in [6.07, 6.45) is 0. The van der Waals surface area contributed by atoms with Gasteiger partial charge in [-0.15, -0.1) is 0 Å². The molecule has 0 radical (unpaired) electrons. The summed E-state index contributed by atoms with van der Waals surface area (Å²) in [6, 6.07) is 12.9. The van der Waals surface area contributed by atoms with Crippen molar-refractivity contribution < 1.29 is 14.3 Å². The van der Waals surface area contributed by atoms with E-state index in [1.54, 1.807) is 19.2 Å². The Morgan fingerprint density at radius 1 is 1.35 bits per heavy atom. The fraction of sp³-hybridized carbons (Fsp3) is 0.263. The predicted molar refractivity (Wildman–Crippen MR) is 98.7 cm³/mol. The molecule has 1 saturated heterocycles. The van der Waals surface area contributed by atoms with E-state index in [2.05, 4.69) is 9.97 Å². The minimum atomic E-state index is -0.172. The maximum absolute atomic E-state index is 13.1. The van der Waals surface area contributed by atoms with E-state index >= 15 is 0 Å². The number of carbonyl (C=O) groups excluding carboxylic acids is 1. The molecule has 1 atom stereocenters. The van der Waals surface area contributed by atoms with Gasteiger partial charge in [0.25, 0.3) is 5.91 Å².